The Morgan fingerprint density at radius 1 is 1.18 bits per heavy atom. The first-order valence-corrected chi connectivity index (χ1v) is 6.06. The molecular formula is C12H14N4S. The fourth-order valence-corrected chi connectivity index (χ4v) is 2.40. The van der Waals surface area contributed by atoms with Crippen molar-refractivity contribution in [2.24, 2.45) is 5.84 Å². The fourth-order valence-electron chi connectivity index (χ4n) is 1.44. The number of nitrogen functional groups attached to an aromatic ring is 1. The lowest BCUT2D eigenvalue weighted by molar-refractivity contribution is 0.993. The second kappa shape index (κ2) is 5.16. The van der Waals surface area contributed by atoms with Crippen molar-refractivity contribution in [3.05, 3.63) is 41.6 Å². The van der Waals surface area contributed by atoms with E-state index >= 15 is 0 Å². The van der Waals surface area contributed by atoms with Crippen LogP contribution in [0.2, 0.25) is 0 Å². The van der Waals surface area contributed by atoms with E-state index in [-0.39, 0.29) is 0 Å². The third-order valence-electron chi connectivity index (χ3n) is 2.27. The van der Waals surface area contributed by atoms with E-state index in [1.165, 1.54) is 10.5 Å². The highest BCUT2D eigenvalue weighted by Gasteiger charge is 2.04. The molecule has 0 amide bonds. The minimum Gasteiger partial charge on any atom is -0.292 e. The molecule has 3 N–H and O–H groups in total. The summed E-state index contributed by atoms with van der Waals surface area (Å²) in [6.45, 7) is 4.00. The maximum atomic E-state index is 5.33. The molecule has 0 aliphatic heterocycles. The molecule has 0 bridgehead atoms. The van der Waals surface area contributed by atoms with Gasteiger partial charge in [-0.3, -0.25) is 5.43 Å². The summed E-state index contributed by atoms with van der Waals surface area (Å²) in [5, 5.41) is 0.889. The number of hydrogen-bond acceptors (Lipinski definition) is 5. The standard InChI is InChI=1S/C12H14N4S/c1-8-5-3-4-6-10(8)17-11-7-9(2)14-12(15-11)16-13/h3-7H,13H2,1-2H3,(H,14,15,16). The molecule has 0 atom stereocenters. The van der Waals surface area contributed by atoms with Gasteiger partial charge in [0, 0.05) is 10.6 Å². The van der Waals surface area contributed by atoms with E-state index in [1.54, 1.807) is 11.8 Å². The number of nitrogens with one attached hydrogen (secondary N) is 1. The maximum Gasteiger partial charge on any atom is 0.238 e. The van der Waals surface area contributed by atoms with Crippen molar-refractivity contribution in [1.82, 2.24) is 9.97 Å². The molecule has 5 heteroatoms. The molecule has 0 unspecified atom stereocenters. The van der Waals surface area contributed by atoms with Crippen molar-refractivity contribution in [3.8, 4) is 0 Å². The summed E-state index contributed by atoms with van der Waals surface area (Å²) < 4.78 is 0. The summed E-state index contributed by atoms with van der Waals surface area (Å²) in [4.78, 5) is 9.65. The molecule has 4 nitrogen and oxygen atoms in total. The van der Waals surface area contributed by atoms with Crippen molar-refractivity contribution in [1.29, 1.82) is 0 Å². The molecule has 0 fully saturated rings. The topological polar surface area (TPSA) is 63.8 Å². The highest BCUT2D eigenvalue weighted by Crippen LogP contribution is 2.29. The second-order valence-corrected chi connectivity index (χ2v) is 4.75. The SMILES string of the molecule is Cc1cc(Sc2ccccc2C)nc(NN)n1. The van der Waals surface area contributed by atoms with E-state index in [1.807, 2.05) is 25.1 Å². The molecule has 88 valence electrons. The highest BCUT2D eigenvalue weighted by molar-refractivity contribution is 7.99. The molecule has 0 aliphatic rings. The third kappa shape index (κ3) is 2.95. The Bertz CT molecular complexity index is 528. The van der Waals surface area contributed by atoms with Crippen LogP contribution in [0.15, 0.2) is 40.3 Å². The average molecular weight is 246 g/mol. The number of aryl methyl sites for hydroxylation is 2. The van der Waals surface area contributed by atoms with Gasteiger partial charge in [-0.25, -0.2) is 15.8 Å². The molecule has 0 radical (unpaired) electrons. The number of nitrogens with zero attached hydrogens (tertiary/aromatic N) is 2. The predicted molar refractivity (Wildman–Crippen MR) is 69.9 cm³/mol. The minimum absolute atomic E-state index is 0.445. The molecule has 17 heavy (non-hydrogen) atoms. The highest BCUT2D eigenvalue weighted by atomic mass is 32.2. The summed E-state index contributed by atoms with van der Waals surface area (Å²) >= 11 is 1.61. The third-order valence-corrected chi connectivity index (χ3v) is 3.36. The molecule has 1 aromatic heterocycles. The minimum atomic E-state index is 0.445. The monoisotopic (exact) mass is 246 g/mol. The van der Waals surface area contributed by atoms with Crippen molar-refractivity contribution < 1.29 is 0 Å². The number of aromatic nitrogens is 2. The van der Waals surface area contributed by atoms with Gasteiger partial charge in [0.15, 0.2) is 0 Å². The normalized spacial score (nSPS) is 10.3. The van der Waals surface area contributed by atoms with E-state index in [4.69, 9.17) is 5.84 Å². The summed E-state index contributed by atoms with van der Waals surface area (Å²) in [6.07, 6.45) is 0. The number of nitrogens with two attached hydrogens (primary N) is 1. The lowest BCUT2D eigenvalue weighted by Gasteiger charge is -2.06. The average Bonchev–Trinajstić information content (AvgIpc) is 2.31. The van der Waals surface area contributed by atoms with E-state index in [0.717, 1.165) is 10.7 Å². The first kappa shape index (κ1) is 11.9. The maximum absolute atomic E-state index is 5.33. The van der Waals surface area contributed by atoms with Crippen LogP contribution >= 0.6 is 11.8 Å². The molecule has 0 spiro atoms. The van der Waals surface area contributed by atoms with Crippen molar-refractivity contribution in [3.63, 3.8) is 0 Å². The molecule has 1 aromatic carbocycles. The Morgan fingerprint density at radius 3 is 2.65 bits per heavy atom. The van der Waals surface area contributed by atoms with Crippen LogP contribution in [0.5, 0.6) is 0 Å². The summed E-state index contributed by atoms with van der Waals surface area (Å²) in [5.74, 6) is 5.77. The Balaban J connectivity index is 2.30. The summed E-state index contributed by atoms with van der Waals surface area (Å²) in [6, 6.07) is 10.1. The Hall–Kier alpha value is -1.59. The van der Waals surface area contributed by atoms with Gasteiger partial charge in [0.2, 0.25) is 5.95 Å². The van der Waals surface area contributed by atoms with E-state index in [9.17, 15) is 0 Å². The number of benzene rings is 1. The van der Waals surface area contributed by atoms with Gasteiger partial charge in [0.05, 0.1) is 0 Å². The van der Waals surface area contributed by atoms with Crippen LogP contribution in [-0.4, -0.2) is 9.97 Å². The van der Waals surface area contributed by atoms with E-state index in [0.29, 0.717) is 5.95 Å². The van der Waals surface area contributed by atoms with Crippen LogP contribution in [-0.2, 0) is 0 Å². The molecule has 0 aliphatic carbocycles. The molecule has 1 heterocycles. The van der Waals surface area contributed by atoms with Crippen molar-refractivity contribution in [2.45, 2.75) is 23.8 Å². The van der Waals surface area contributed by atoms with Crippen molar-refractivity contribution in [2.75, 3.05) is 5.43 Å². The predicted octanol–water partition coefficient (Wildman–Crippen LogP) is 2.53. The van der Waals surface area contributed by atoms with Gasteiger partial charge < -0.3 is 0 Å². The van der Waals surface area contributed by atoms with Gasteiger partial charge >= 0.3 is 0 Å². The zero-order valence-corrected chi connectivity index (χ0v) is 10.6. The van der Waals surface area contributed by atoms with Crippen LogP contribution < -0.4 is 11.3 Å². The number of anilines is 1. The Kier molecular flexibility index (Phi) is 3.61. The molecular weight excluding hydrogens is 232 g/mol. The van der Waals surface area contributed by atoms with Gasteiger partial charge in [-0.05, 0) is 31.5 Å². The zero-order valence-electron chi connectivity index (χ0n) is 9.77. The van der Waals surface area contributed by atoms with Crippen LogP contribution in [0.1, 0.15) is 11.3 Å². The van der Waals surface area contributed by atoms with E-state index in [2.05, 4.69) is 34.5 Å². The first-order valence-electron chi connectivity index (χ1n) is 5.25. The quantitative estimate of drug-likeness (QED) is 0.495. The molecule has 0 saturated carbocycles. The fraction of sp³-hybridized carbons (Fsp3) is 0.167. The van der Waals surface area contributed by atoms with Gasteiger partial charge in [-0.15, -0.1) is 0 Å². The smallest absolute Gasteiger partial charge is 0.238 e. The first-order chi connectivity index (χ1) is 8.19. The lowest BCUT2D eigenvalue weighted by atomic mass is 10.2. The molecule has 2 rings (SSSR count). The molecule has 0 saturated heterocycles. The van der Waals surface area contributed by atoms with E-state index < -0.39 is 0 Å². The Morgan fingerprint density at radius 2 is 1.94 bits per heavy atom. The number of rotatable bonds is 3. The van der Waals surface area contributed by atoms with Crippen molar-refractivity contribution >= 4 is 17.7 Å². The number of hydrazine groups is 1. The second-order valence-electron chi connectivity index (χ2n) is 3.68. The van der Waals surface area contributed by atoms with Crippen LogP contribution in [0.4, 0.5) is 5.95 Å². The summed E-state index contributed by atoms with van der Waals surface area (Å²) in [7, 11) is 0. The van der Waals surface area contributed by atoms with Gasteiger partial charge in [0.1, 0.15) is 5.03 Å². The number of hydrogen-bond donors (Lipinski definition) is 2. The van der Waals surface area contributed by atoms with Crippen LogP contribution in [0.3, 0.4) is 0 Å². The van der Waals surface area contributed by atoms with Crippen LogP contribution in [0.25, 0.3) is 0 Å². The van der Waals surface area contributed by atoms with Gasteiger partial charge in [-0.2, -0.15) is 0 Å². The lowest BCUT2D eigenvalue weighted by Crippen LogP contribution is -2.11. The van der Waals surface area contributed by atoms with Gasteiger partial charge in [0.25, 0.3) is 0 Å². The van der Waals surface area contributed by atoms with Gasteiger partial charge in [-0.1, -0.05) is 30.0 Å². The summed E-state index contributed by atoms with van der Waals surface area (Å²) in [5.41, 5.74) is 4.60. The van der Waals surface area contributed by atoms with Crippen LogP contribution in [0, 0.1) is 13.8 Å². The molecule has 2 aromatic rings. The largest absolute Gasteiger partial charge is 0.292 e. The Labute approximate surface area is 105 Å². The zero-order chi connectivity index (χ0) is 12.3.